The Kier molecular flexibility index (Phi) is 7.38. The summed E-state index contributed by atoms with van der Waals surface area (Å²) in [5, 5.41) is 8.85. The van der Waals surface area contributed by atoms with E-state index in [1.165, 1.54) is 14.2 Å². The van der Waals surface area contributed by atoms with E-state index in [4.69, 9.17) is 14.3 Å². The van der Waals surface area contributed by atoms with Crippen molar-refractivity contribution in [1.82, 2.24) is 0 Å². The molecule has 0 radical (unpaired) electrons. The van der Waals surface area contributed by atoms with E-state index in [1.54, 1.807) is 18.2 Å². The highest BCUT2D eigenvalue weighted by Crippen LogP contribution is 2.28. The Hall–Kier alpha value is -3.55. The fraction of sp³-hybridized carbons (Fsp3) is 0.250. The van der Waals surface area contributed by atoms with E-state index < -0.39 is 11.8 Å². The molecule has 0 saturated heterocycles. The fourth-order valence-electron chi connectivity index (χ4n) is 2.40. The minimum absolute atomic E-state index is 0.367. The lowest BCUT2D eigenvalue weighted by Gasteiger charge is -2.11. The van der Waals surface area contributed by atoms with Gasteiger partial charge in [-0.3, -0.25) is 9.59 Å². The number of anilines is 2. The van der Waals surface area contributed by atoms with Crippen LogP contribution in [0.1, 0.15) is 11.1 Å². The SMILES string of the molecule is COc1ccc(OC)c(NC(=O)CO/N=C\C(=O)Nc2ccc(C)cc2C)c1. The highest BCUT2D eigenvalue weighted by molar-refractivity contribution is 6.31. The van der Waals surface area contributed by atoms with E-state index in [0.29, 0.717) is 22.9 Å². The van der Waals surface area contributed by atoms with Crippen molar-refractivity contribution < 1.29 is 23.9 Å². The number of hydrogen-bond acceptors (Lipinski definition) is 6. The molecule has 0 aliphatic carbocycles. The summed E-state index contributed by atoms with van der Waals surface area (Å²) in [7, 11) is 3.01. The Morgan fingerprint density at radius 3 is 2.46 bits per heavy atom. The molecule has 28 heavy (non-hydrogen) atoms. The number of nitrogens with one attached hydrogen (secondary N) is 2. The number of amides is 2. The number of aryl methyl sites for hydroxylation is 2. The van der Waals surface area contributed by atoms with Gasteiger partial charge < -0.3 is 24.9 Å². The molecule has 0 unspecified atom stereocenters. The van der Waals surface area contributed by atoms with Gasteiger partial charge in [0.2, 0.25) is 0 Å². The van der Waals surface area contributed by atoms with Crippen LogP contribution in [0.15, 0.2) is 41.6 Å². The van der Waals surface area contributed by atoms with Crippen LogP contribution < -0.4 is 20.1 Å². The van der Waals surface area contributed by atoms with Crippen molar-refractivity contribution in [2.75, 3.05) is 31.5 Å². The largest absolute Gasteiger partial charge is 0.497 e. The van der Waals surface area contributed by atoms with Crippen molar-refractivity contribution in [3.05, 3.63) is 47.5 Å². The average Bonchev–Trinajstić information content (AvgIpc) is 2.67. The summed E-state index contributed by atoms with van der Waals surface area (Å²) in [6, 6.07) is 10.7. The maximum atomic E-state index is 12.0. The van der Waals surface area contributed by atoms with Crippen LogP contribution in [0.3, 0.4) is 0 Å². The van der Waals surface area contributed by atoms with Gasteiger partial charge in [0.25, 0.3) is 11.8 Å². The van der Waals surface area contributed by atoms with Gasteiger partial charge >= 0.3 is 0 Å². The molecule has 0 saturated carbocycles. The van der Waals surface area contributed by atoms with Crippen molar-refractivity contribution in [2.24, 2.45) is 5.16 Å². The zero-order valence-electron chi connectivity index (χ0n) is 16.2. The zero-order chi connectivity index (χ0) is 20.5. The molecule has 0 bridgehead atoms. The molecule has 148 valence electrons. The Labute approximate surface area is 163 Å². The topological polar surface area (TPSA) is 98.2 Å². The highest BCUT2D eigenvalue weighted by Gasteiger charge is 2.09. The smallest absolute Gasteiger partial charge is 0.270 e. The molecular weight excluding hydrogens is 362 g/mol. The van der Waals surface area contributed by atoms with Gasteiger partial charge in [0.05, 0.1) is 19.9 Å². The number of rotatable bonds is 8. The van der Waals surface area contributed by atoms with Crippen LogP contribution in [-0.4, -0.2) is 38.9 Å². The molecule has 2 N–H and O–H groups in total. The first-order valence-electron chi connectivity index (χ1n) is 8.48. The molecule has 2 amide bonds. The lowest BCUT2D eigenvalue weighted by atomic mass is 10.1. The van der Waals surface area contributed by atoms with E-state index in [0.717, 1.165) is 17.3 Å². The average molecular weight is 385 g/mol. The molecule has 0 heterocycles. The second-order valence-electron chi connectivity index (χ2n) is 5.93. The summed E-state index contributed by atoms with van der Waals surface area (Å²) >= 11 is 0. The molecule has 2 rings (SSSR count). The van der Waals surface area contributed by atoms with Crippen LogP contribution >= 0.6 is 0 Å². The predicted octanol–water partition coefficient (Wildman–Crippen LogP) is 2.90. The monoisotopic (exact) mass is 385 g/mol. The number of hydrogen-bond donors (Lipinski definition) is 2. The quantitative estimate of drug-likeness (QED) is 0.538. The van der Waals surface area contributed by atoms with E-state index >= 15 is 0 Å². The first-order chi connectivity index (χ1) is 13.4. The summed E-state index contributed by atoms with van der Waals surface area (Å²) in [4.78, 5) is 28.7. The molecule has 0 fully saturated rings. The highest BCUT2D eigenvalue weighted by atomic mass is 16.6. The summed E-state index contributed by atoms with van der Waals surface area (Å²) in [5.41, 5.74) is 3.16. The van der Waals surface area contributed by atoms with Gasteiger partial charge in [-0.1, -0.05) is 22.9 Å². The molecule has 8 heteroatoms. The van der Waals surface area contributed by atoms with Gasteiger partial charge in [-0.05, 0) is 37.6 Å². The molecule has 0 spiro atoms. The van der Waals surface area contributed by atoms with Gasteiger partial charge in [-0.2, -0.15) is 0 Å². The fourth-order valence-corrected chi connectivity index (χ4v) is 2.40. The minimum atomic E-state index is -0.460. The Morgan fingerprint density at radius 1 is 1.00 bits per heavy atom. The van der Waals surface area contributed by atoms with Crippen LogP contribution in [-0.2, 0) is 14.4 Å². The number of nitrogens with zero attached hydrogens (tertiary/aromatic N) is 1. The molecular formula is C20H23N3O5. The maximum Gasteiger partial charge on any atom is 0.270 e. The molecule has 8 nitrogen and oxygen atoms in total. The number of oxime groups is 1. The zero-order valence-corrected chi connectivity index (χ0v) is 16.2. The number of carbonyl (C=O) groups is 2. The maximum absolute atomic E-state index is 12.0. The molecule has 0 aliphatic rings. The summed E-state index contributed by atoms with van der Waals surface area (Å²) in [5.74, 6) is 0.129. The van der Waals surface area contributed by atoms with Crippen molar-refractivity contribution in [1.29, 1.82) is 0 Å². The van der Waals surface area contributed by atoms with Crippen molar-refractivity contribution in [2.45, 2.75) is 13.8 Å². The molecule has 2 aromatic carbocycles. The van der Waals surface area contributed by atoms with E-state index in [2.05, 4.69) is 15.8 Å². The van der Waals surface area contributed by atoms with E-state index in [9.17, 15) is 9.59 Å². The van der Waals surface area contributed by atoms with Gasteiger partial charge in [-0.25, -0.2) is 0 Å². The molecule has 0 atom stereocenters. The van der Waals surface area contributed by atoms with Gasteiger partial charge in [-0.15, -0.1) is 0 Å². The Balaban J connectivity index is 1.84. The Morgan fingerprint density at radius 2 is 1.79 bits per heavy atom. The second-order valence-corrected chi connectivity index (χ2v) is 5.93. The number of ether oxygens (including phenoxy) is 2. The standard InChI is InChI=1S/C20H23N3O5/c1-13-5-7-16(14(2)9-13)22-19(24)11-21-28-12-20(25)23-17-10-15(26-3)6-8-18(17)27-4/h5-11H,12H2,1-4H3,(H,22,24)(H,23,25)/b21-11-. The molecule has 0 aliphatic heterocycles. The first-order valence-corrected chi connectivity index (χ1v) is 8.48. The number of methoxy groups -OCH3 is 2. The first kappa shape index (κ1) is 20.8. The van der Waals surface area contributed by atoms with Crippen molar-refractivity contribution in [3.8, 4) is 11.5 Å². The third-order valence-electron chi connectivity index (χ3n) is 3.76. The van der Waals surface area contributed by atoms with Crippen LogP contribution in [0.5, 0.6) is 11.5 Å². The molecule has 0 aromatic heterocycles. The Bertz CT molecular complexity index is 880. The van der Waals surface area contributed by atoms with Gasteiger partial charge in [0.1, 0.15) is 17.7 Å². The minimum Gasteiger partial charge on any atom is -0.497 e. The predicted molar refractivity (Wildman–Crippen MR) is 107 cm³/mol. The second kappa shape index (κ2) is 9.96. The van der Waals surface area contributed by atoms with Crippen LogP contribution in [0.2, 0.25) is 0 Å². The summed E-state index contributed by atoms with van der Waals surface area (Å²) in [6.07, 6.45) is 0.971. The third-order valence-corrected chi connectivity index (χ3v) is 3.76. The third kappa shape index (κ3) is 6.01. The normalized spacial score (nSPS) is 10.4. The van der Waals surface area contributed by atoms with Gasteiger partial charge in [0.15, 0.2) is 6.61 Å². The van der Waals surface area contributed by atoms with Crippen LogP contribution in [0.25, 0.3) is 0 Å². The number of carbonyl (C=O) groups excluding carboxylic acids is 2. The van der Waals surface area contributed by atoms with E-state index in [1.807, 2.05) is 32.0 Å². The summed E-state index contributed by atoms with van der Waals surface area (Å²) < 4.78 is 10.3. The van der Waals surface area contributed by atoms with Crippen LogP contribution in [0.4, 0.5) is 11.4 Å². The van der Waals surface area contributed by atoms with E-state index in [-0.39, 0.29) is 6.61 Å². The van der Waals surface area contributed by atoms with Crippen molar-refractivity contribution >= 4 is 29.4 Å². The van der Waals surface area contributed by atoms with Crippen molar-refractivity contribution in [3.63, 3.8) is 0 Å². The lowest BCUT2D eigenvalue weighted by molar-refractivity contribution is -0.120. The van der Waals surface area contributed by atoms with Crippen LogP contribution in [0, 0.1) is 13.8 Å². The summed E-state index contributed by atoms with van der Waals surface area (Å²) in [6.45, 7) is 3.50. The van der Waals surface area contributed by atoms with Gasteiger partial charge in [0, 0.05) is 11.8 Å². The molecule has 2 aromatic rings. The lowest BCUT2D eigenvalue weighted by Crippen LogP contribution is -2.18. The number of benzene rings is 2.